The highest BCUT2D eigenvalue weighted by molar-refractivity contribution is 5.99. The van der Waals surface area contributed by atoms with Gasteiger partial charge in [-0.3, -0.25) is 9.69 Å². The average molecular weight is 327 g/mol. The highest BCUT2D eigenvalue weighted by atomic mass is 19.2. The fourth-order valence-electron chi connectivity index (χ4n) is 2.05. The van der Waals surface area contributed by atoms with Gasteiger partial charge in [-0.05, 0) is 13.0 Å². The molecule has 1 heterocycles. The molecule has 124 valence electrons. The van der Waals surface area contributed by atoms with Crippen molar-refractivity contribution in [2.45, 2.75) is 6.92 Å². The zero-order chi connectivity index (χ0) is 17.0. The first kappa shape index (κ1) is 16.7. The van der Waals surface area contributed by atoms with E-state index in [1.165, 1.54) is 0 Å². The van der Waals surface area contributed by atoms with Gasteiger partial charge in [0.15, 0.2) is 11.6 Å². The maximum absolute atomic E-state index is 13.4. The second-order valence-corrected chi connectivity index (χ2v) is 4.66. The summed E-state index contributed by atoms with van der Waals surface area (Å²) in [5, 5.41) is 5.01. The van der Waals surface area contributed by atoms with E-state index in [0.29, 0.717) is 12.6 Å². The summed E-state index contributed by atoms with van der Waals surface area (Å²) >= 11 is 0. The molecular weight excluding hydrogens is 312 g/mol. The third kappa shape index (κ3) is 3.74. The number of carbonyl (C=O) groups excluding carboxylic acids is 3. The number of carbonyl (C=O) groups is 3. The van der Waals surface area contributed by atoms with Crippen LogP contribution in [0.1, 0.15) is 17.3 Å². The van der Waals surface area contributed by atoms with Gasteiger partial charge in [0.2, 0.25) is 5.91 Å². The second kappa shape index (κ2) is 7.03. The molecule has 0 saturated carbocycles. The van der Waals surface area contributed by atoms with Crippen molar-refractivity contribution in [1.29, 1.82) is 0 Å². The minimum Gasteiger partial charge on any atom is -0.462 e. The Hall–Kier alpha value is -2.71. The maximum Gasteiger partial charge on any atom is 0.340 e. The van der Waals surface area contributed by atoms with Gasteiger partial charge < -0.3 is 15.4 Å². The van der Waals surface area contributed by atoms with Crippen molar-refractivity contribution in [2.24, 2.45) is 0 Å². The van der Waals surface area contributed by atoms with Gasteiger partial charge in [0.1, 0.15) is 0 Å². The van der Waals surface area contributed by atoms with E-state index in [1.54, 1.807) is 6.92 Å². The molecular formula is C14H15F2N3O4. The first-order valence-corrected chi connectivity index (χ1v) is 6.92. The Morgan fingerprint density at radius 1 is 1.35 bits per heavy atom. The number of ether oxygens (including phenoxy) is 1. The van der Waals surface area contributed by atoms with Gasteiger partial charge in [-0.15, -0.1) is 0 Å². The highest BCUT2D eigenvalue weighted by Crippen LogP contribution is 2.21. The predicted molar refractivity (Wildman–Crippen MR) is 75.9 cm³/mol. The van der Waals surface area contributed by atoms with Crippen molar-refractivity contribution in [3.63, 3.8) is 0 Å². The SMILES string of the molecule is CCOC(=O)c1cc(F)c(F)cc1NCC(=O)N1CCNC1=O. The van der Waals surface area contributed by atoms with E-state index in [-0.39, 0.29) is 30.9 Å². The first-order chi connectivity index (χ1) is 10.9. The zero-order valence-corrected chi connectivity index (χ0v) is 12.3. The number of hydrogen-bond donors (Lipinski definition) is 2. The number of nitrogens with one attached hydrogen (secondary N) is 2. The van der Waals surface area contributed by atoms with E-state index in [9.17, 15) is 23.2 Å². The molecule has 3 amide bonds. The number of amides is 3. The quantitative estimate of drug-likeness (QED) is 0.791. The lowest BCUT2D eigenvalue weighted by Crippen LogP contribution is -2.38. The minimum absolute atomic E-state index is 0.0597. The Kier molecular flexibility index (Phi) is 5.09. The minimum atomic E-state index is -1.20. The first-order valence-electron chi connectivity index (χ1n) is 6.92. The summed E-state index contributed by atoms with van der Waals surface area (Å²) in [6, 6.07) is 0.939. The summed E-state index contributed by atoms with van der Waals surface area (Å²) in [6.45, 7) is 1.85. The lowest BCUT2D eigenvalue weighted by Gasteiger charge is -2.15. The molecule has 0 atom stereocenters. The van der Waals surface area contributed by atoms with Crippen LogP contribution in [0.2, 0.25) is 0 Å². The molecule has 0 radical (unpaired) electrons. The zero-order valence-electron chi connectivity index (χ0n) is 12.3. The lowest BCUT2D eigenvalue weighted by molar-refractivity contribution is -0.125. The Morgan fingerprint density at radius 3 is 2.65 bits per heavy atom. The van der Waals surface area contributed by atoms with E-state index in [1.807, 2.05) is 0 Å². The van der Waals surface area contributed by atoms with Crippen molar-refractivity contribution in [3.8, 4) is 0 Å². The molecule has 0 spiro atoms. The molecule has 1 aliphatic heterocycles. The van der Waals surface area contributed by atoms with E-state index >= 15 is 0 Å². The molecule has 9 heteroatoms. The smallest absolute Gasteiger partial charge is 0.340 e. The van der Waals surface area contributed by atoms with Crippen LogP contribution in [-0.2, 0) is 9.53 Å². The molecule has 23 heavy (non-hydrogen) atoms. The van der Waals surface area contributed by atoms with Crippen LogP contribution < -0.4 is 10.6 Å². The van der Waals surface area contributed by atoms with Crippen LogP contribution in [0.4, 0.5) is 19.3 Å². The Balaban J connectivity index is 2.14. The molecule has 0 unspecified atom stereocenters. The molecule has 0 aromatic heterocycles. The number of imide groups is 1. The summed E-state index contributed by atoms with van der Waals surface area (Å²) in [7, 11) is 0. The standard InChI is InChI=1S/C14H15F2N3O4/c1-2-23-13(21)8-5-9(15)10(16)6-11(8)18-7-12(20)19-4-3-17-14(19)22/h5-6,18H,2-4,7H2,1H3,(H,17,22). The topological polar surface area (TPSA) is 87.7 Å². The third-order valence-electron chi connectivity index (χ3n) is 3.14. The fourth-order valence-corrected chi connectivity index (χ4v) is 2.05. The molecule has 1 fully saturated rings. The van der Waals surface area contributed by atoms with Gasteiger partial charge in [-0.1, -0.05) is 0 Å². The van der Waals surface area contributed by atoms with Crippen LogP contribution in [0.15, 0.2) is 12.1 Å². The van der Waals surface area contributed by atoms with Gasteiger partial charge in [0, 0.05) is 19.2 Å². The van der Waals surface area contributed by atoms with Crippen molar-refractivity contribution in [3.05, 3.63) is 29.3 Å². The number of halogens is 2. The summed E-state index contributed by atoms with van der Waals surface area (Å²) in [6.07, 6.45) is 0. The number of benzene rings is 1. The molecule has 1 aliphatic rings. The van der Waals surface area contributed by atoms with Crippen LogP contribution in [-0.4, -0.2) is 49.0 Å². The van der Waals surface area contributed by atoms with E-state index in [0.717, 1.165) is 11.0 Å². The third-order valence-corrected chi connectivity index (χ3v) is 3.14. The van der Waals surface area contributed by atoms with Crippen LogP contribution in [0.5, 0.6) is 0 Å². The number of nitrogens with zero attached hydrogens (tertiary/aromatic N) is 1. The summed E-state index contributed by atoms with van der Waals surface area (Å²) in [5.74, 6) is -3.78. The molecule has 0 aliphatic carbocycles. The van der Waals surface area contributed by atoms with E-state index in [2.05, 4.69) is 10.6 Å². The normalized spacial score (nSPS) is 13.7. The number of anilines is 1. The predicted octanol–water partition coefficient (Wildman–Crippen LogP) is 1.11. The molecule has 2 N–H and O–H groups in total. The number of urea groups is 1. The van der Waals surface area contributed by atoms with Crippen LogP contribution in [0, 0.1) is 11.6 Å². The molecule has 0 bridgehead atoms. The highest BCUT2D eigenvalue weighted by Gasteiger charge is 2.26. The van der Waals surface area contributed by atoms with Gasteiger partial charge in [-0.25, -0.2) is 18.4 Å². The lowest BCUT2D eigenvalue weighted by atomic mass is 10.1. The summed E-state index contributed by atoms with van der Waals surface area (Å²) in [4.78, 5) is 36.0. The van der Waals surface area contributed by atoms with E-state index < -0.39 is 29.5 Å². The Morgan fingerprint density at radius 2 is 2.04 bits per heavy atom. The molecule has 1 saturated heterocycles. The van der Waals surface area contributed by atoms with Crippen LogP contribution in [0.3, 0.4) is 0 Å². The summed E-state index contributed by atoms with van der Waals surface area (Å²) in [5.41, 5.74) is -0.320. The van der Waals surface area contributed by atoms with Gasteiger partial charge >= 0.3 is 12.0 Å². The molecule has 7 nitrogen and oxygen atoms in total. The maximum atomic E-state index is 13.4. The monoisotopic (exact) mass is 327 g/mol. The number of hydrogen-bond acceptors (Lipinski definition) is 5. The van der Waals surface area contributed by atoms with Crippen molar-refractivity contribution >= 4 is 23.6 Å². The Bertz CT molecular complexity index is 651. The van der Waals surface area contributed by atoms with Crippen LogP contribution >= 0.6 is 0 Å². The van der Waals surface area contributed by atoms with Crippen molar-refractivity contribution in [1.82, 2.24) is 10.2 Å². The fraction of sp³-hybridized carbons (Fsp3) is 0.357. The van der Waals surface area contributed by atoms with E-state index in [4.69, 9.17) is 4.74 Å². The average Bonchev–Trinajstić information content (AvgIpc) is 2.94. The second-order valence-electron chi connectivity index (χ2n) is 4.66. The largest absolute Gasteiger partial charge is 0.462 e. The Labute approximate surface area is 130 Å². The van der Waals surface area contributed by atoms with Crippen molar-refractivity contribution < 1.29 is 27.9 Å². The van der Waals surface area contributed by atoms with Crippen LogP contribution in [0.25, 0.3) is 0 Å². The molecule has 1 aromatic carbocycles. The van der Waals surface area contributed by atoms with Gasteiger partial charge in [0.05, 0.1) is 24.4 Å². The van der Waals surface area contributed by atoms with Gasteiger partial charge in [-0.2, -0.15) is 0 Å². The van der Waals surface area contributed by atoms with Gasteiger partial charge in [0.25, 0.3) is 0 Å². The van der Waals surface area contributed by atoms with Crippen molar-refractivity contribution in [2.75, 3.05) is 31.6 Å². The number of esters is 1. The summed E-state index contributed by atoms with van der Waals surface area (Å²) < 4.78 is 31.4. The molecule has 1 aromatic rings. The molecule has 2 rings (SSSR count). The number of rotatable bonds is 5.